The summed E-state index contributed by atoms with van der Waals surface area (Å²) in [6.07, 6.45) is 12.5. The molecule has 1 aromatic carbocycles. The molecule has 4 saturated carbocycles. The molecule has 8 heteroatoms. The molecule has 5 fully saturated rings. The van der Waals surface area contributed by atoms with E-state index in [1.54, 1.807) is 12.1 Å². The van der Waals surface area contributed by atoms with Gasteiger partial charge in [-0.15, -0.1) is 0 Å². The van der Waals surface area contributed by atoms with Crippen molar-refractivity contribution in [1.82, 2.24) is 10.3 Å². The highest BCUT2D eigenvalue weighted by atomic mass is 16.6. The first-order chi connectivity index (χ1) is 17.5. The van der Waals surface area contributed by atoms with E-state index in [1.807, 2.05) is 18.4 Å². The zero-order valence-corrected chi connectivity index (χ0v) is 20.7. The number of carbonyl (C=O) groups is 1. The molecule has 36 heavy (non-hydrogen) atoms. The van der Waals surface area contributed by atoms with Crippen molar-refractivity contribution in [3.63, 3.8) is 0 Å². The van der Waals surface area contributed by atoms with Gasteiger partial charge in [0.1, 0.15) is 0 Å². The molecule has 0 radical (unpaired) electrons. The van der Waals surface area contributed by atoms with Crippen LogP contribution < -0.4 is 5.43 Å². The van der Waals surface area contributed by atoms with Gasteiger partial charge in [0.05, 0.1) is 29.8 Å². The van der Waals surface area contributed by atoms with E-state index in [0.717, 1.165) is 85.4 Å². The number of non-ortho nitro benzene ring substituents is 1. The molecule has 6 aliphatic rings. The third-order valence-corrected chi connectivity index (χ3v) is 8.93. The molecule has 5 aliphatic carbocycles. The van der Waals surface area contributed by atoms with E-state index in [0.29, 0.717) is 13.2 Å². The fourth-order valence-electron chi connectivity index (χ4n) is 7.78. The number of rotatable bonds is 6. The summed E-state index contributed by atoms with van der Waals surface area (Å²) in [6, 6.07) is 6.75. The van der Waals surface area contributed by atoms with Crippen molar-refractivity contribution in [2.75, 3.05) is 26.3 Å². The first kappa shape index (κ1) is 23.4. The molecule has 8 nitrogen and oxygen atoms in total. The second-order valence-corrected chi connectivity index (χ2v) is 11.4. The number of hydrazone groups is 1. The summed E-state index contributed by atoms with van der Waals surface area (Å²) in [6.45, 7) is 2.92. The van der Waals surface area contributed by atoms with E-state index in [-0.39, 0.29) is 21.9 Å². The lowest BCUT2D eigenvalue weighted by molar-refractivity contribution is -0.384. The summed E-state index contributed by atoms with van der Waals surface area (Å²) in [5.41, 5.74) is 6.99. The molecule has 1 N–H and O–H groups in total. The van der Waals surface area contributed by atoms with Crippen LogP contribution in [0.1, 0.15) is 56.9 Å². The highest BCUT2D eigenvalue weighted by molar-refractivity contribution is 5.87. The summed E-state index contributed by atoms with van der Waals surface area (Å²) in [4.78, 5) is 26.5. The second kappa shape index (κ2) is 9.47. The number of nitro benzene ring substituents is 1. The monoisotopic (exact) mass is 490 g/mol. The number of allylic oxidation sites excluding steroid dienone is 2. The Kier molecular flexibility index (Phi) is 6.15. The fraction of sp³-hybridized carbons (Fsp3) is 0.571. The summed E-state index contributed by atoms with van der Waals surface area (Å²) < 4.78 is 5.57. The lowest BCUT2D eigenvalue weighted by atomic mass is 9.49. The maximum atomic E-state index is 13.3. The van der Waals surface area contributed by atoms with Crippen LogP contribution in [0.4, 0.5) is 5.69 Å². The van der Waals surface area contributed by atoms with Crippen molar-refractivity contribution in [3.05, 3.63) is 56.8 Å². The molecule has 190 valence electrons. The van der Waals surface area contributed by atoms with Gasteiger partial charge < -0.3 is 9.64 Å². The third kappa shape index (κ3) is 4.47. The molecule has 0 atom stereocenters. The lowest BCUT2D eigenvalue weighted by Crippen LogP contribution is -2.52. The maximum absolute atomic E-state index is 13.3. The maximum Gasteiger partial charge on any atom is 0.270 e. The molecule has 0 unspecified atom stereocenters. The van der Waals surface area contributed by atoms with Crippen LogP contribution in [-0.4, -0.2) is 48.2 Å². The first-order valence-electron chi connectivity index (χ1n) is 13.3. The normalized spacial score (nSPS) is 32.6. The predicted octanol–water partition coefficient (Wildman–Crippen LogP) is 4.68. The first-order valence-corrected chi connectivity index (χ1v) is 13.3. The molecule has 0 spiro atoms. The molecular formula is C28H34N4O4. The van der Waals surface area contributed by atoms with Gasteiger partial charge in [-0.1, -0.05) is 12.1 Å². The van der Waals surface area contributed by atoms with Crippen molar-refractivity contribution >= 4 is 23.9 Å². The SMILES string of the molecule is O=C(NN=CC1=C(N2CCOCC2)/C(=C\c2cccc([N+](=O)[O-])c2)CC1)C12CC3CC(CC(C3)C1)C2. The number of amides is 1. The van der Waals surface area contributed by atoms with Crippen LogP contribution in [-0.2, 0) is 9.53 Å². The minimum atomic E-state index is -0.361. The van der Waals surface area contributed by atoms with Gasteiger partial charge in [0.15, 0.2) is 0 Å². The number of nitro groups is 1. The van der Waals surface area contributed by atoms with Crippen molar-refractivity contribution in [1.29, 1.82) is 0 Å². The Morgan fingerprint density at radius 2 is 1.81 bits per heavy atom. The summed E-state index contributed by atoms with van der Waals surface area (Å²) in [7, 11) is 0. The van der Waals surface area contributed by atoms with Gasteiger partial charge in [-0.3, -0.25) is 14.9 Å². The number of morpholine rings is 1. The van der Waals surface area contributed by atoms with E-state index >= 15 is 0 Å². The van der Waals surface area contributed by atoms with Gasteiger partial charge in [-0.25, -0.2) is 5.43 Å². The predicted molar refractivity (Wildman–Crippen MR) is 137 cm³/mol. The number of hydrogen-bond acceptors (Lipinski definition) is 6. The van der Waals surface area contributed by atoms with E-state index < -0.39 is 0 Å². The molecule has 7 rings (SSSR count). The van der Waals surface area contributed by atoms with E-state index in [9.17, 15) is 14.9 Å². The minimum absolute atomic E-state index is 0.0911. The molecular weight excluding hydrogens is 456 g/mol. The fourth-order valence-corrected chi connectivity index (χ4v) is 7.78. The van der Waals surface area contributed by atoms with E-state index in [4.69, 9.17) is 4.74 Å². The van der Waals surface area contributed by atoms with Crippen LogP contribution >= 0.6 is 0 Å². The average Bonchev–Trinajstić information content (AvgIpc) is 3.26. The van der Waals surface area contributed by atoms with Gasteiger partial charge in [0, 0.05) is 30.9 Å². The van der Waals surface area contributed by atoms with Crippen molar-refractivity contribution in [2.24, 2.45) is 28.3 Å². The number of carbonyl (C=O) groups excluding carboxylic acids is 1. The van der Waals surface area contributed by atoms with E-state index in [2.05, 4.69) is 15.4 Å². The quantitative estimate of drug-likeness (QED) is 0.355. The number of nitrogens with one attached hydrogen (secondary N) is 1. The van der Waals surface area contributed by atoms with Crippen LogP contribution in [0.2, 0.25) is 0 Å². The molecule has 1 amide bonds. The molecule has 1 aromatic rings. The molecule has 4 bridgehead atoms. The largest absolute Gasteiger partial charge is 0.378 e. The number of ether oxygens (including phenoxy) is 1. The Bertz CT molecular complexity index is 1110. The molecule has 1 aliphatic heterocycles. The number of hydrogen-bond donors (Lipinski definition) is 1. The van der Waals surface area contributed by atoms with Gasteiger partial charge in [0.25, 0.3) is 5.69 Å². The summed E-state index contributed by atoms with van der Waals surface area (Å²) in [5.74, 6) is 2.27. The van der Waals surface area contributed by atoms with Gasteiger partial charge >= 0.3 is 0 Å². The highest BCUT2D eigenvalue weighted by Gasteiger charge is 2.54. The smallest absolute Gasteiger partial charge is 0.270 e. The zero-order valence-electron chi connectivity index (χ0n) is 20.7. The second-order valence-electron chi connectivity index (χ2n) is 11.4. The topological polar surface area (TPSA) is 97.1 Å². The third-order valence-electron chi connectivity index (χ3n) is 8.93. The Morgan fingerprint density at radius 3 is 2.47 bits per heavy atom. The zero-order chi connectivity index (χ0) is 24.7. The number of benzene rings is 1. The van der Waals surface area contributed by atoms with Crippen LogP contribution in [0.5, 0.6) is 0 Å². The van der Waals surface area contributed by atoms with Crippen LogP contribution in [0.3, 0.4) is 0 Å². The van der Waals surface area contributed by atoms with Gasteiger partial charge in [0.2, 0.25) is 5.91 Å². The Hall–Kier alpha value is -3.00. The average molecular weight is 491 g/mol. The molecule has 1 saturated heterocycles. The van der Waals surface area contributed by atoms with Crippen LogP contribution in [0.25, 0.3) is 6.08 Å². The highest BCUT2D eigenvalue weighted by Crippen LogP contribution is 2.60. The van der Waals surface area contributed by atoms with Crippen LogP contribution in [0.15, 0.2) is 46.2 Å². The van der Waals surface area contributed by atoms with Crippen molar-refractivity contribution in [2.45, 2.75) is 51.4 Å². The van der Waals surface area contributed by atoms with E-state index in [1.165, 1.54) is 25.3 Å². The molecule has 1 heterocycles. The van der Waals surface area contributed by atoms with Crippen LogP contribution in [0, 0.1) is 33.3 Å². The minimum Gasteiger partial charge on any atom is -0.378 e. The summed E-state index contributed by atoms with van der Waals surface area (Å²) >= 11 is 0. The van der Waals surface area contributed by atoms with Gasteiger partial charge in [-0.05, 0) is 91.9 Å². The Labute approximate surface area is 211 Å². The Balaban J connectivity index is 1.23. The number of nitrogens with zero attached hydrogens (tertiary/aromatic N) is 3. The summed E-state index contributed by atoms with van der Waals surface area (Å²) in [5, 5.41) is 15.7. The standard InChI is InChI=1S/C28H34N4O4/c33-27(28-15-20-10-21(16-28)12-22(11-20)17-28)30-29-18-24-5-4-23(26(24)31-6-8-36-9-7-31)13-19-2-1-3-25(14-19)32(34)35/h1-3,13-14,18,20-22H,4-12,15-17H2,(H,30,33)/b23-13-,29-18?. The van der Waals surface area contributed by atoms with Crippen molar-refractivity contribution in [3.8, 4) is 0 Å². The van der Waals surface area contributed by atoms with Gasteiger partial charge in [-0.2, -0.15) is 5.10 Å². The lowest BCUT2D eigenvalue weighted by Gasteiger charge is -2.55. The van der Waals surface area contributed by atoms with Crippen molar-refractivity contribution < 1.29 is 14.5 Å². The molecule has 0 aromatic heterocycles. The Morgan fingerprint density at radius 1 is 1.11 bits per heavy atom.